The highest BCUT2D eigenvalue weighted by molar-refractivity contribution is 5.84. The lowest BCUT2D eigenvalue weighted by atomic mass is 10.2. The summed E-state index contributed by atoms with van der Waals surface area (Å²) in [6.45, 7) is 2.45. The second kappa shape index (κ2) is 3.85. The summed E-state index contributed by atoms with van der Waals surface area (Å²) in [6, 6.07) is 4.42. The Kier molecular flexibility index (Phi) is 2.80. The molecule has 3 heteroatoms. The van der Waals surface area contributed by atoms with Crippen LogP contribution in [0.5, 0.6) is 0 Å². The number of halogens is 1. The van der Waals surface area contributed by atoms with Crippen LogP contribution in [0.2, 0.25) is 0 Å². The van der Waals surface area contributed by atoms with Gasteiger partial charge in [0.1, 0.15) is 5.82 Å². The molecule has 0 spiro atoms. The molecule has 0 heterocycles. The fraction of sp³-hybridized carbons (Fsp3) is 0.222. The maximum Gasteiger partial charge on any atom is 0.152 e. The summed E-state index contributed by atoms with van der Waals surface area (Å²) >= 11 is 0. The number of hydrogen-bond acceptors (Lipinski definition) is 2. The van der Waals surface area contributed by atoms with E-state index >= 15 is 0 Å². The molecule has 1 aromatic rings. The smallest absolute Gasteiger partial charge is 0.152 e. The minimum absolute atomic E-state index is 0.287. The topological polar surface area (TPSA) is 29.1 Å². The summed E-state index contributed by atoms with van der Waals surface area (Å²) in [5.74, 6) is -0.388. The van der Waals surface area contributed by atoms with Crippen molar-refractivity contribution in [1.82, 2.24) is 0 Å². The van der Waals surface area contributed by atoms with Crippen molar-refractivity contribution in [1.29, 1.82) is 0 Å². The lowest BCUT2D eigenvalue weighted by molar-refractivity contribution is 0.112. The first kappa shape index (κ1) is 8.71. The van der Waals surface area contributed by atoms with E-state index in [9.17, 15) is 9.18 Å². The molecule has 1 rings (SSSR count). The first-order chi connectivity index (χ1) is 5.79. The largest absolute Gasteiger partial charge is 0.382 e. The first-order valence-electron chi connectivity index (χ1n) is 3.77. The van der Waals surface area contributed by atoms with Crippen molar-refractivity contribution in [2.24, 2.45) is 0 Å². The molecule has 12 heavy (non-hydrogen) atoms. The van der Waals surface area contributed by atoms with Crippen LogP contribution in [0.4, 0.5) is 10.1 Å². The van der Waals surface area contributed by atoms with E-state index in [-0.39, 0.29) is 11.5 Å². The van der Waals surface area contributed by atoms with Crippen molar-refractivity contribution < 1.29 is 9.18 Å². The highest BCUT2D eigenvalue weighted by atomic mass is 19.1. The number of carbonyl (C=O) groups is 1. The predicted octanol–water partition coefficient (Wildman–Crippen LogP) is 2.07. The van der Waals surface area contributed by atoms with E-state index in [1.807, 2.05) is 6.92 Å². The van der Waals surface area contributed by atoms with E-state index in [1.165, 1.54) is 12.1 Å². The van der Waals surface area contributed by atoms with E-state index in [4.69, 9.17) is 0 Å². The number of anilines is 1. The molecule has 0 fully saturated rings. The third-order valence-corrected chi connectivity index (χ3v) is 1.53. The molecular weight excluding hydrogens is 157 g/mol. The molecule has 1 aromatic carbocycles. The van der Waals surface area contributed by atoms with Gasteiger partial charge in [0.15, 0.2) is 6.29 Å². The van der Waals surface area contributed by atoms with Gasteiger partial charge in [-0.15, -0.1) is 0 Å². The maximum atomic E-state index is 13.0. The molecule has 0 aliphatic carbocycles. The van der Waals surface area contributed by atoms with Gasteiger partial charge in [-0.3, -0.25) is 4.79 Å². The minimum atomic E-state index is -0.388. The number of benzene rings is 1. The molecule has 1 N–H and O–H groups in total. The molecule has 2 nitrogen and oxygen atoms in total. The number of nitrogens with one attached hydrogen (secondary N) is 1. The van der Waals surface area contributed by atoms with E-state index in [0.717, 1.165) is 0 Å². The number of aldehydes is 1. The van der Waals surface area contributed by atoms with Crippen LogP contribution in [0.25, 0.3) is 0 Å². The Morgan fingerprint density at radius 1 is 1.58 bits per heavy atom. The van der Waals surface area contributed by atoms with Crippen molar-refractivity contribution in [3.05, 3.63) is 29.6 Å². The number of rotatable bonds is 3. The fourth-order valence-electron chi connectivity index (χ4n) is 1.00. The first-order valence-corrected chi connectivity index (χ1v) is 3.77. The molecule has 0 saturated carbocycles. The van der Waals surface area contributed by atoms with Crippen LogP contribution in [0.15, 0.2) is 18.2 Å². The van der Waals surface area contributed by atoms with Crippen LogP contribution in [0, 0.1) is 5.82 Å². The molecule has 0 aliphatic rings. The summed E-state index contributed by atoms with van der Waals surface area (Å²) in [7, 11) is 0. The second-order valence-corrected chi connectivity index (χ2v) is 2.35. The monoisotopic (exact) mass is 167 g/mol. The Bertz CT molecular complexity index is 286. The Morgan fingerprint density at radius 2 is 2.33 bits per heavy atom. The van der Waals surface area contributed by atoms with Gasteiger partial charge in [0.25, 0.3) is 0 Å². The summed E-state index contributed by atoms with van der Waals surface area (Å²) in [4.78, 5) is 10.4. The van der Waals surface area contributed by atoms with Crippen LogP contribution in [0.1, 0.15) is 17.3 Å². The zero-order valence-corrected chi connectivity index (χ0v) is 6.80. The minimum Gasteiger partial charge on any atom is -0.382 e. The fourth-order valence-corrected chi connectivity index (χ4v) is 1.00. The molecule has 0 aromatic heterocycles. The van der Waals surface area contributed by atoms with E-state index in [1.54, 1.807) is 6.07 Å². The van der Waals surface area contributed by atoms with Gasteiger partial charge in [-0.05, 0) is 19.1 Å². The van der Waals surface area contributed by atoms with Gasteiger partial charge < -0.3 is 5.32 Å². The normalized spacial score (nSPS) is 9.50. The highest BCUT2D eigenvalue weighted by Gasteiger charge is 2.04. The van der Waals surface area contributed by atoms with Crippen LogP contribution < -0.4 is 5.32 Å². The molecule has 0 atom stereocenters. The number of para-hydroxylation sites is 1. The van der Waals surface area contributed by atoms with Crippen LogP contribution in [0.3, 0.4) is 0 Å². The van der Waals surface area contributed by atoms with Crippen molar-refractivity contribution in [3.8, 4) is 0 Å². The number of hydrogen-bond donors (Lipinski definition) is 1. The van der Waals surface area contributed by atoms with Gasteiger partial charge in [0, 0.05) is 12.1 Å². The number of carbonyl (C=O) groups excluding carboxylic acids is 1. The van der Waals surface area contributed by atoms with Gasteiger partial charge in [0.2, 0.25) is 0 Å². The van der Waals surface area contributed by atoms with Gasteiger partial charge >= 0.3 is 0 Å². The molecule has 0 amide bonds. The quantitative estimate of drug-likeness (QED) is 0.698. The average molecular weight is 167 g/mol. The van der Waals surface area contributed by atoms with E-state index in [2.05, 4.69) is 5.32 Å². The molecule has 0 radical (unpaired) electrons. The zero-order chi connectivity index (χ0) is 8.97. The Hall–Kier alpha value is -1.38. The van der Waals surface area contributed by atoms with E-state index in [0.29, 0.717) is 18.4 Å². The summed E-state index contributed by atoms with van der Waals surface area (Å²) in [5.41, 5.74) is 0.645. The van der Waals surface area contributed by atoms with Gasteiger partial charge in [-0.25, -0.2) is 4.39 Å². The zero-order valence-electron chi connectivity index (χ0n) is 6.80. The molecular formula is C9H10FNO. The van der Waals surface area contributed by atoms with Crippen LogP contribution in [-0.2, 0) is 0 Å². The molecule has 0 unspecified atom stereocenters. The predicted molar refractivity (Wildman–Crippen MR) is 46.0 cm³/mol. The second-order valence-electron chi connectivity index (χ2n) is 2.35. The summed E-state index contributed by atoms with van der Waals surface area (Å²) < 4.78 is 13.0. The average Bonchev–Trinajstić information content (AvgIpc) is 2.09. The lowest BCUT2D eigenvalue weighted by Crippen LogP contribution is -2.02. The van der Waals surface area contributed by atoms with Crippen molar-refractivity contribution in [2.75, 3.05) is 11.9 Å². The molecule has 0 saturated heterocycles. The van der Waals surface area contributed by atoms with Crippen LogP contribution in [-0.4, -0.2) is 12.8 Å². The van der Waals surface area contributed by atoms with Gasteiger partial charge in [-0.1, -0.05) is 6.07 Å². The Morgan fingerprint density at radius 3 is 2.92 bits per heavy atom. The van der Waals surface area contributed by atoms with Crippen molar-refractivity contribution in [3.63, 3.8) is 0 Å². The SMILES string of the molecule is CCNc1c(F)cccc1C=O. The highest BCUT2D eigenvalue weighted by Crippen LogP contribution is 2.17. The van der Waals surface area contributed by atoms with Crippen molar-refractivity contribution in [2.45, 2.75) is 6.92 Å². The third-order valence-electron chi connectivity index (χ3n) is 1.53. The standard InChI is InChI=1S/C9H10FNO/c1-2-11-9-7(6-12)4-3-5-8(9)10/h3-6,11H,2H2,1H3. The van der Waals surface area contributed by atoms with Crippen LogP contribution >= 0.6 is 0 Å². The molecule has 0 bridgehead atoms. The molecule has 0 aliphatic heterocycles. The Labute approximate surface area is 70.4 Å². The Balaban J connectivity index is 3.10. The third kappa shape index (κ3) is 1.61. The maximum absolute atomic E-state index is 13.0. The van der Waals surface area contributed by atoms with Gasteiger partial charge in [-0.2, -0.15) is 0 Å². The lowest BCUT2D eigenvalue weighted by Gasteiger charge is -2.06. The molecule has 64 valence electrons. The van der Waals surface area contributed by atoms with Crippen molar-refractivity contribution >= 4 is 12.0 Å². The summed E-state index contributed by atoms with van der Waals surface area (Å²) in [5, 5.41) is 2.79. The van der Waals surface area contributed by atoms with Gasteiger partial charge in [0.05, 0.1) is 5.69 Å². The van der Waals surface area contributed by atoms with E-state index < -0.39 is 0 Å². The summed E-state index contributed by atoms with van der Waals surface area (Å²) in [6.07, 6.45) is 0.640.